The second kappa shape index (κ2) is 19.8. The fourth-order valence-corrected chi connectivity index (χ4v) is 4.55. The molecule has 0 amide bonds. The summed E-state index contributed by atoms with van der Waals surface area (Å²) in [5, 5.41) is 2.84. The minimum absolute atomic E-state index is 1.24. The Kier molecular flexibility index (Phi) is 17.8. The highest BCUT2D eigenvalue weighted by Crippen LogP contribution is 2.21. The number of hydrogen-bond acceptors (Lipinski definition) is 2. The molecule has 0 saturated carbocycles. The Balaban J connectivity index is 0.00000104. The number of aryl methyl sites for hydroxylation is 1. The van der Waals surface area contributed by atoms with E-state index in [1.807, 2.05) is 0 Å². The van der Waals surface area contributed by atoms with E-state index in [2.05, 4.69) is 49.4 Å². The highest BCUT2D eigenvalue weighted by molar-refractivity contribution is 7.79. The Bertz CT molecular complexity index is 835. The smallest absolute Gasteiger partial charge is 0.264 e. The van der Waals surface area contributed by atoms with Crippen LogP contribution in [0.1, 0.15) is 122 Å². The number of unbranched alkanes of at least 4 members (excludes halogenated alkanes) is 16. The molecule has 2 aromatic carbocycles. The molecule has 0 fully saturated rings. The van der Waals surface area contributed by atoms with Gasteiger partial charge in [0.05, 0.1) is 0 Å². The van der Waals surface area contributed by atoms with Crippen molar-refractivity contribution in [2.24, 2.45) is 0 Å². The van der Waals surface area contributed by atoms with Crippen molar-refractivity contribution in [3.8, 4) is 0 Å². The van der Waals surface area contributed by atoms with Gasteiger partial charge in [-0.1, -0.05) is 152 Å². The van der Waals surface area contributed by atoms with Gasteiger partial charge in [-0.2, -0.15) is 8.42 Å². The summed E-state index contributed by atoms with van der Waals surface area (Å²) in [5.41, 5.74) is 1.53. The van der Waals surface area contributed by atoms with Crippen molar-refractivity contribution < 1.29 is 17.5 Å². The van der Waals surface area contributed by atoms with Gasteiger partial charge in [-0.15, -0.1) is 0 Å². The predicted molar refractivity (Wildman–Crippen MR) is 146 cm³/mol. The molecule has 0 bridgehead atoms. The maximum absolute atomic E-state index is 8.74. The van der Waals surface area contributed by atoms with Gasteiger partial charge in [0.15, 0.2) is 0 Å². The van der Waals surface area contributed by atoms with Crippen molar-refractivity contribution in [1.29, 1.82) is 0 Å². The van der Waals surface area contributed by atoms with E-state index >= 15 is 0 Å². The molecule has 0 aliphatic heterocycles. The summed E-state index contributed by atoms with van der Waals surface area (Å²) in [7, 11) is -4.67. The molecule has 0 atom stereocenters. The second-order valence-corrected chi connectivity index (χ2v) is 10.4. The zero-order valence-electron chi connectivity index (χ0n) is 21.4. The number of benzene rings is 2. The summed E-state index contributed by atoms with van der Waals surface area (Å²) < 4.78 is 31.6. The summed E-state index contributed by atoms with van der Waals surface area (Å²) in [4.78, 5) is 0. The minimum atomic E-state index is -4.67. The first-order valence-corrected chi connectivity index (χ1v) is 15.0. The molecule has 4 nitrogen and oxygen atoms in total. The largest absolute Gasteiger partial charge is 0.394 e. The van der Waals surface area contributed by atoms with Crippen LogP contribution in [0.4, 0.5) is 0 Å². The van der Waals surface area contributed by atoms with Crippen molar-refractivity contribution in [3.05, 3.63) is 48.0 Å². The highest BCUT2D eigenvalue weighted by Gasteiger charge is 2.00. The Morgan fingerprint density at radius 1 is 0.559 bits per heavy atom. The summed E-state index contributed by atoms with van der Waals surface area (Å²) in [5.74, 6) is 0. The van der Waals surface area contributed by atoms with Crippen molar-refractivity contribution in [1.82, 2.24) is 0 Å². The Labute approximate surface area is 209 Å². The molecule has 0 aliphatic rings. The lowest BCUT2D eigenvalue weighted by Gasteiger charge is -2.07. The lowest BCUT2D eigenvalue weighted by molar-refractivity contribution is 0.381. The molecule has 2 rings (SSSR count). The number of fused-ring (bicyclic) bond motifs is 1. The Morgan fingerprint density at radius 2 is 0.941 bits per heavy atom. The summed E-state index contributed by atoms with van der Waals surface area (Å²) in [6.45, 7) is 2.30. The van der Waals surface area contributed by atoms with Crippen molar-refractivity contribution in [3.63, 3.8) is 0 Å². The first-order valence-electron chi connectivity index (χ1n) is 13.6. The van der Waals surface area contributed by atoms with Crippen LogP contribution in [0, 0.1) is 0 Å². The first kappa shape index (κ1) is 30.6. The van der Waals surface area contributed by atoms with Gasteiger partial charge in [-0.05, 0) is 29.2 Å². The fourth-order valence-electron chi connectivity index (χ4n) is 4.55. The van der Waals surface area contributed by atoms with Crippen molar-refractivity contribution in [2.45, 2.75) is 122 Å². The van der Waals surface area contributed by atoms with Gasteiger partial charge < -0.3 is 0 Å². The third-order valence-corrected chi connectivity index (χ3v) is 6.43. The van der Waals surface area contributed by atoms with Gasteiger partial charge in [-0.3, -0.25) is 9.11 Å². The van der Waals surface area contributed by atoms with Crippen LogP contribution < -0.4 is 0 Å². The summed E-state index contributed by atoms with van der Waals surface area (Å²) in [6, 6.07) is 15.6. The van der Waals surface area contributed by atoms with Gasteiger partial charge in [0.1, 0.15) is 0 Å². The molecule has 0 aromatic heterocycles. The van der Waals surface area contributed by atoms with Gasteiger partial charge in [0.25, 0.3) is 0 Å². The normalized spacial score (nSPS) is 11.4. The SMILES string of the molecule is CCCCCCCCCCCCCCCCCCCc1cccc2ccccc12.O=S(=O)(O)O. The molecule has 0 spiro atoms. The van der Waals surface area contributed by atoms with Crippen LogP contribution in [0.5, 0.6) is 0 Å². The topological polar surface area (TPSA) is 74.6 Å². The Morgan fingerprint density at radius 3 is 1.41 bits per heavy atom. The van der Waals surface area contributed by atoms with E-state index in [4.69, 9.17) is 17.5 Å². The first-order chi connectivity index (χ1) is 16.4. The molecule has 0 heterocycles. The standard InChI is InChI=1S/C29H46.H2O4S/c1-2-3-4-5-6-7-8-9-10-11-12-13-14-15-16-17-18-22-27-24-21-25-28-23-19-20-26-29(27)28;1-5(2,3)4/h19-21,23-26H,2-18,22H2,1H3;(H2,1,2,3,4). The van der Waals surface area contributed by atoms with Crippen LogP contribution in [0.2, 0.25) is 0 Å². The number of rotatable bonds is 18. The molecular formula is C29H48O4S. The van der Waals surface area contributed by atoms with Crippen LogP contribution in [-0.4, -0.2) is 17.5 Å². The second-order valence-electron chi connectivity index (χ2n) is 9.49. The molecule has 2 aromatic rings. The molecule has 194 valence electrons. The zero-order chi connectivity index (χ0) is 24.9. The molecule has 5 heteroatoms. The quantitative estimate of drug-likeness (QED) is 0.160. The van der Waals surface area contributed by atoms with Gasteiger partial charge in [0.2, 0.25) is 0 Å². The van der Waals surface area contributed by atoms with E-state index in [0.717, 1.165) is 0 Å². The molecule has 0 saturated heterocycles. The summed E-state index contributed by atoms with van der Waals surface area (Å²) in [6.07, 6.45) is 25.8. The van der Waals surface area contributed by atoms with Crippen LogP contribution in [0.3, 0.4) is 0 Å². The molecule has 2 N–H and O–H groups in total. The van der Waals surface area contributed by atoms with Crippen molar-refractivity contribution in [2.75, 3.05) is 0 Å². The van der Waals surface area contributed by atoms with Crippen LogP contribution >= 0.6 is 0 Å². The van der Waals surface area contributed by atoms with Crippen molar-refractivity contribution >= 4 is 21.2 Å². The molecule has 34 heavy (non-hydrogen) atoms. The van der Waals surface area contributed by atoms with E-state index in [1.165, 1.54) is 132 Å². The van der Waals surface area contributed by atoms with Crippen LogP contribution in [-0.2, 0) is 16.8 Å². The number of hydrogen-bond donors (Lipinski definition) is 2. The van der Waals surface area contributed by atoms with E-state index in [-0.39, 0.29) is 0 Å². The fraction of sp³-hybridized carbons (Fsp3) is 0.655. The van der Waals surface area contributed by atoms with E-state index < -0.39 is 10.4 Å². The van der Waals surface area contributed by atoms with Gasteiger partial charge >= 0.3 is 10.4 Å². The van der Waals surface area contributed by atoms with E-state index in [0.29, 0.717) is 0 Å². The predicted octanol–water partition coefficient (Wildman–Crippen LogP) is 9.38. The monoisotopic (exact) mass is 492 g/mol. The van der Waals surface area contributed by atoms with Gasteiger partial charge in [0, 0.05) is 0 Å². The third kappa shape index (κ3) is 18.0. The summed E-state index contributed by atoms with van der Waals surface area (Å²) >= 11 is 0. The van der Waals surface area contributed by atoms with E-state index in [9.17, 15) is 0 Å². The molecular weight excluding hydrogens is 444 g/mol. The maximum atomic E-state index is 8.74. The van der Waals surface area contributed by atoms with Crippen LogP contribution in [0.15, 0.2) is 42.5 Å². The average Bonchev–Trinajstić information content (AvgIpc) is 2.80. The third-order valence-electron chi connectivity index (χ3n) is 6.43. The van der Waals surface area contributed by atoms with E-state index in [1.54, 1.807) is 0 Å². The lowest BCUT2D eigenvalue weighted by atomic mass is 9.99. The lowest BCUT2D eigenvalue weighted by Crippen LogP contribution is -1.89. The zero-order valence-corrected chi connectivity index (χ0v) is 22.2. The average molecular weight is 493 g/mol. The highest BCUT2D eigenvalue weighted by atomic mass is 32.3. The molecule has 0 radical (unpaired) electrons. The molecule has 0 unspecified atom stereocenters. The maximum Gasteiger partial charge on any atom is 0.394 e. The molecule has 0 aliphatic carbocycles. The Hall–Kier alpha value is -1.43. The van der Waals surface area contributed by atoms with Gasteiger partial charge in [-0.25, -0.2) is 0 Å². The minimum Gasteiger partial charge on any atom is -0.264 e. The van der Waals surface area contributed by atoms with Crippen LogP contribution in [0.25, 0.3) is 10.8 Å².